The van der Waals surface area contributed by atoms with Gasteiger partial charge in [0, 0.05) is 47.4 Å². The summed E-state index contributed by atoms with van der Waals surface area (Å²) < 4.78 is 6.81. The summed E-state index contributed by atoms with van der Waals surface area (Å²) in [6.45, 7) is 16.9. The second kappa shape index (κ2) is 17.1. The number of phenolic OH excluding ortho intramolecular Hbond substituents is 1. The van der Waals surface area contributed by atoms with Gasteiger partial charge in [-0.05, 0) is 90.2 Å². The highest BCUT2D eigenvalue weighted by molar-refractivity contribution is 6.01. The number of phenols is 1. The van der Waals surface area contributed by atoms with E-state index in [0.717, 1.165) is 27.8 Å². The standard InChI is InChI=1S/C23H22N2O.C12H15N.C11H9NO2.2CO2/c1-15-13-16-9-5-6-10-17(16)20-21(15)26-23(14-24-20)22(2,3)18-11-7-8-12-19(18)25(23)4;1-9-12(2,3)10-7-5-6-8-11(10)13(9)4;1-7-6-8-4-2-3-5-9(8)10(12-14)11(7)13;2*2-1-3/h5-14H,1-4H3;5-8H,1H2,2-4H3;2-6,13H,1H3;;. The molecule has 3 heterocycles. The van der Waals surface area contributed by atoms with Crippen LogP contribution >= 0.6 is 0 Å². The van der Waals surface area contributed by atoms with Gasteiger partial charge in [-0.2, -0.15) is 19.2 Å². The Morgan fingerprint density at radius 2 is 1.20 bits per heavy atom. The predicted molar refractivity (Wildman–Crippen MR) is 231 cm³/mol. The van der Waals surface area contributed by atoms with Crippen molar-refractivity contribution in [2.45, 2.75) is 58.1 Å². The van der Waals surface area contributed by atoms with Crippen LogP contribution in [-0.2, 0) is 30.0 Å². The molecular formula is C48H46N4O7. The van der Waals surface area contributed by atoms with Crippen molar-refractivity contribution >= 4 is 62.8 Å². The SMILES string of the molecule is C=C1N(C)c2ccccc2C1(C)C.Cc1cc2ccccc2c(N=O)c1O.Cc1cc2ccccc2c2c1OC1(C=N2)N(C)c2ccccc2C1(C)C.O=C=O.O=C=O. The Morgan fingerprint density at radius 3 is 1.78 bits per heavy atom. The number of carbonyl (C=O) groups excluding carboxylic acids is 4. The van der Waals surface area contributed by atoms with Gasteiger partial charge in [0.25, 0.3) is 0 Å². The van der Waals surface area contributed by atoms with Gasteiger partial charge in [-0.1, -0.05) is 105 Å². The molecule has 300 valence electrons. The minimum Gasteiger partial charge on any atom is -0.505 e. The third kappa shape index (κ3) is 7.53. The lowest BCUT2D eigenvalue weighted by molar-refractivity contribution is -0.193. The zero-order valence-corrected chi connectivity index (χ0v) is 34.4. The number of aliphatic imine (C=N–C) groups is 1. The second-order valence-electron chi connectivity index (χ2n) is 15.4. The van der Waals surface area contributed by atoms with Crippen LogP contribution in [0.15, 0.2) is 132 Å². The van der Waals surface area contributed by atoms with E-state index in [1.807, 2.05) is 30.5 Å². The second-order valence-corrected chi connectivity index (χ2v) is 15.4. The number of hydrogen-bond acceptors (Lipinski definition) is 11. The van der Waals surface area contributed by atoms with Crippen molar-refractivity contribution in [3.05, 3.63) is 149 Å². The van der Waals surface area contributed by atoms with E-state index in [1.165, 1.54) is 33.6 Å². The maximum absolute atomic E-state index is 10.6. The summed E-state index contributed by atoms with van der Waals surface area (Å²) in [7, 11) is 4.18. The van der Waals surface area contributed by atoms with Crippen LogP contribution in [0.5, 0.6) is 11.5 Å². The maximum Gasteiger partial charge on any atom is 0.373 e. The Hall–Kier alpha value is -7.19. The van der Waals surface area contributed by atoms with E-state index >= 15 is 0 Å². The molecule has 1 atom stereocenters. The number of likely N-dealkylation sites (N-methyl/N-ethyl adjacent to an activating group) is 2. The van der Waals surface area contributed by atoms with Crippen LogP contribution in [0.4, 0.5) is 22.7 Å². The normalized spacial score (nSPS) is 16.8. The van der Waals surface area contributed by atoms with E-state index in [4.69, 9.17) is 28.9 Å². The van der Waals surface area contributed by atoms with Gasteiger partial charge in [0.15, 0.2) is 11.4 Å². The van der Waals surface area contributed by atoms with E-state index < -0.39 is 5.72 Å². The van der Waals surface area contributed by atoms with Crippen LogP contribution in [0.25, 0.3) is 21.5 Å². The van der Waals surface area contributed by atoms with E-state index in [9.17, 15) is 10.0 Å². The van der Waals surface area contributed by atoms with Crippen molar-refractivity contribution < 1.29 is 29.0 Å². The number of hydrogen-bond donors (Lipinski definition) is 1. The molecule has 11 heteroatoms. The number of benzene rings is 6. The number of nitroso groups, excluding NO2 is 1. The van der Waals surface area contributed by atoms with Crippen molar-refractivity contribution in [3.8, 4) is 11.5 Å². The number of aryl methyl sites for hydroxylation is 2. The third-order valence-corrected chi connectivity index (χ3v) is 11.5. The fourth-order valence-corrected chi connectivity index (χ4v) is 8.13. The molecule has 9 rings (SSSR count). The van der Waals surface area contributed by atoms with E-state index in [-0.39, 0.29) is 34.6 Å². The maximum atomic E-state index is 10.6. The zero-order chi connectivity index (χ0) is 43.3. The number of ether oxygens (including phenoxy) is 1. The Kier molecular flexibility index (Phi) is 12.5. The smallest absolute Gasteiger partial charge is 0.373 e. The average molecular weight is 791 g/mol. The molecule has 1 N–H and O–H groups in total. The van der Waals surface area contributed by atoms with Crippen LogP contribution in [0, 0.1) is 18.8 Å². The van der Waals surface area contributed by atoms with Crippen molar-refractivity contribution in [1.29, 1.82) is 0 Å². The third-order valence-electron chi connectivity index (χ3n) is 11.5. The summed E-state index contributed by atoms with van der Waals surface area (Å²) >= 11 is 0. The average Bonchev–Trinajstić information content (AvgIpc) is 3.51. The Morgan fingerprint density at radius 1 is 0.712 bits per heavy atom. The van der Waals surface area contributed by atoms with Gasteiger partial charge in [0.1, 0.15) is 11.4 Å². The van der Waals surface area contributed by atoms with E-state index in [1.54, 1.807) is 13.0 Å². The molecule has 1 unspecified atom stereocenters. The molecule has 1 spiro atoms. The molecule has 11 nitrogen and oxygen atoms in total. The molecule has 0 fully saturated rings. The Bertz CT molecular complexity index is 2660. The summed E-state index contributed by atoms with van der Waals surface area (Å²) in [4.78, 5) is 52.4. The molecule has 59 heavy (non-hydrogen) atoms. The molecule has 0 radical (unpaired) electrons. The van der Waals surface area contributed by atoms with Crippen LogP contribution in [0.1, 0.15) is 49.9 Å². The van der Waals surface area contributed by atoms with Crippen LogP contribution in [0.2, 0.25) is 0 Å². The quantitative estimate of drug-likeness (QED) is 0.161. The first-order valence-corrected chi connectivity index (χ1v) is 18.7. The van der Waals surface area contributed by atoms with Gasteiger partial charge in [-0.25, -0.2) is 0 Å². The Balaban J connectivity index is 0.000000170. The van der Waals surface area contributed by atoms with Gasteiger partial charge in [0.2, 0.25) is 5.72 Å². The van der Waals surface area contributed by atoms with Gasteiger partial charge in [-0.15, -0.1) is 4.91 Å². The molecule has 6 aromatic carbocycles. The molecule has 0 bridgehead atoms. The van der Waals surface area contributed by atoms with Crippen LogP contribution < -0.4 is 14.5 Å². The monoisotopic (exact) mass is 790 g/mol. The fraction of sp³-hybridized carbons (Fsp3) is 0.229. The van der Waals surface area contributed by atoms with Gasteiger partial charge in [-0.3, -0.25) is 4.99 Å². The minimum absolute atomic E-state index is 0.0290. The lowest BCUT2D eigenvalue weighted by atomic mass is 9.77. The first-order valence-electron chi connectivity index (χ1n) is 18.7. The minimum atomic E-state index is -0.628. The first kappa shape index (κ1) is 42.9. The van der Waals surface area contributed by atoms with E-state index in [2.05, 4.69) is 149 Å². The summed E-state index contributed by atoms with van der Waals surface area (Å²) in [6.07, 6.45) is 2.50. The predicted octanol–water partition coefficient (Wildman–Crippen LogP) is 10.4. The topological polar surface area (TPSA) is 146 Å². The highest BCUT2D eigenvalue weighted by Gasteiger charge is 2.58. The molecule has 3 aliphatic heterocycles. The largest absolute Gasteiger partial charge is 0.505 e. The number of fused-ring (bicyclic) bond motifs is 6. The molecule has 0 aliphatic carbocycles. The number of allylic oxidation sites excluding steroid dienone is 1. The summed E-state index contributed by atoms with van der Waals surface area (Å²) in [6, 6.07) is 36.8. The highest BCUT2D eigenvalue weighted by Crippen LogP contribution is 2.55. The number of para-hydroxylation sites is 2. The van der Waals surface area contributed by atoms with Crippen LogP contribution in [-0.4, -0.2) is 43.4 Å². The fourth-order valence-electron chi connectivity index (χ4n) is 8.13. The van der Waals surface area contributed by atoms with Crippen molar-refractivity contribution in [2.75, 3.05) is 23.9 Å². The number of rotatable bonds is 1. The molecule has 3 aliphatic rings. The summed E-state index contributed by atoms with van der Waals surface area (Å²) in [5.41, 5.74) is 8.41. The highest BCUT2D eigenvalue weighted by atomic mass is 16.5. The van der Waals surface area contributed by atoms with Gasteiger partial charge >= 0.3 is 12.3 Å². The lowest BCUT2D eigenvalue weighted by Crippen LogP contribution is -2.61. The lowest BCUT2D eigenvalue weighted by Gasteiger charge is -2.45. The zero-order valence-electron chi connectivity index (χ0n) is 34.4. The van der Waals surface area contributed by atoms with Crippen molar-refractivity contribution in [1.82, 2.24) is 0 Å². The molecule has 0 saturated heterocycles. The van der Waals surface area contributed by atoms with Crippen molar-refractivity contribution in [3.63, 3.8) is 0 Å². The van der Waals surface area contributed by atoms with Gasteiger partial charge in [0.05, 0.1) is 11.6 Å². The summed E-state index contributed by atoms with van der Waals surface area (Å²) in [5.74, 6) is 0.859. The first-order chi connectivity index (χ1) is 28.1. The molecule has 0 aromatic heterocycles. The number of anilines is 2. The molecule has 0 amide bonds. The molecule has 6 aromatic rings. The van der Waals surface area contributed by atoms with Crippen LogP contribution in [0.3, 0.4) is 0 Å². The van der Waals surface area contributed by atoms with Gasteiger partial charge < -0.3 is 19.6 Å². The molecular weight excluding hydrogens is 745 g/mol. The van der Waals surface area contributed by atoms with E-state index in [0.29, 0.717) is 10.9 Å². The number of aromatic hydroxyl groups is 1. The van der Waals surface area contributed by atoms with Crippen molar-refractivity contribution in [2.24, 2.45) is 10.2 Å². The molecule has 0 saturated carbocycles. The number of nitrogens with zero attached hydrogens (tertiary/aromatic N) is 4. The summed E-state index contributed by atoms with van der Waals surface area (Å²) in [5, 5.41) is 16.4. The Labute approximate surface area is 343 Å².